The van der Waals surface area contributed by atoms with Gasteiger partial charge in [-0.1, -0.05) is 36.7 Å². The fourth-order valence-corrected chi connectivity index (χ4v) is 2.66. The average Bonchev–Trinajstić information content (AvgIpc) is 2.63. The van der Waals surface area contributed by atoms with Gasteiger partial charge in [0.1, 0.15) is 0 Å². The number of carbonyl (C=O) groups is 1. The van der Waals surface area contributed by atoms with E-state index in [9.17, 15) is 9.90 Å². The number of carbonyl (C=O) groups excluding carboxylic acids is 1. The van der Waals surface area contributed by atoms with E-state index in [0.717, 1.165) is 5.56 Å². The first-order valence-corrected chi connectivity index (χ1v) is 7.01. The minimum Gasteiger partial charge on any atom is -0.388 e. The first-order valence-electron chi connectivity index (χ1n) is 6.64. The molecular weight excluding hydrogens is 262 g/mol. The van der Waals surface area contributed by atoms with Crippen LogP contribution in [0.2, 0.25) is 5.02 Å². The molecular formula is C15H20ClNO2. The lowest BCUT2D eigenvalue weighted by Crippen LogP contribution is -2.35. The van der Waals surface area contributed by atoms with Crippen molar-refractivity contribution < 1.29 is 9.90 Å². The van der Waals surface area contributed by atoms with Crippen molar-refractivity contribution in [2.24, 2.45) is 5.92 Å². The van der Waals surface area contributed by atoms with Crippen LogP contribution in [-0.2, 0) is 11.2 Å². The number of amides is 1. The van der Waals surface area contributed by atoms with E-state index in [0.29, 0.717) is 31.0 Å². The lowest BCUT2D eigenvalue weighted by Gasteiger charge is -2.20. The zero-order valence-corrected chi connectivity index (χ0v) is 12.2. The quantitative estimate of drug-likeness (QED) is 0.925. The van der Waals surface area contributed by atoms with Gasteiger partial charge in [0.05, 0.1) is 5.60 Å². The Kier molecular flexibility index (Phi) is 4.16. The molecule has 1 aromatic carbocycles. The molecule has 1 aliphatic rings. The number of hydrogen-bond donors (Lipinski definition) is 1. The van der Waals surface area contributed by atoms with Gasteiger partial charge in [0, 0.05) is 30.5 Å². The third-order valence-electron chi connectivity index (χ3n) is 3.99. The van der Waals surface area contributed by atoms with Gasteiger partial charge in [-0.25, -0.2) is 0 Å². The van der Waals surface area contributed by atoms with Crippen LogP contribution in [-0.4, -0.2) is 34.6 Å². The topological polar surface area (TPSA) is 40.5 Å². The summed E-state index contributed by atoms with van der Waals surface area (Å²) < 4.78 is 0. The Labute approximate surface area is 119 Å². The third kappa shape index (κ3) is 3.28. The van der Waals surface area contributed by atoms with E-state index < -0.39 is 5.60 Å². The van der Waals surface area contributed by atoms with E-state index in [2.05, 4.69) is 0 Å². The van der Waals surface area contributed by atoms with Gasteiger partial charge in [-0.2, -0.15) is 0 Å². The average molecular weight is 282 g/mol. The number of aryl methyl sites for hydroxylation is 1. The number of aliphatic hydroxyl groups is 1. The van der Waals surface area contributed by atoms with Crippen molar-refractivity contribution in [3.05, 3.63) is 34.9 Å². The summed E-state index contributed by atoms with van der Waals surface area (Å²) in [5, 5.41) is 10.8. The smallest absolute Gasteiger partial charge is 0.223 e. The molecule has 2 rings (SSSR count). The Morgan fingerprint density at radius 3 is 2.79 bits per heavy atom. The summed E-state index contributed by atoms with van der Waals surface area (Å²) in [5.41, 5.74) is 0.233. The Morgan fingerprint density at radius 1 is 1.53 bits per heavy atom. The molecule has 0 bridgehead atoms. The number of likely N-dealkylation sites (tertiary alicyclic amines) is 1. The van der Waals surface area contributed by atoms with Crippen LogP contribution >= 0.6 is 11.6 Å². The standard InChI is InChI=1S/C15H20ClNO2/c1-11-9-17(10-15(11,2)19)14(18)8-7-12-5-3-4-6-13(12)16/h3-6,11,19H,7-10H2,1-2H3/t11-,15+/m1/s1. The molecule has 1 N–H and O–H groups in total. The molecule has 0 aromatic heterocycles. The summed E-state index contributed by atoms with van der Waals surface area (Å²) in [7, 11) is 0. The van der Waals surface area contributed by atoms with Gasteiger partial charge in [-0.15, -0.1) is 0 Å². The Bertz CT molecular complexity index is 473. The van der Waals surface area contributed by atoms with Crippen LogP contribution in [0.15, 0.2) is 24.3 Å². The molecule has 1 aromatic rings. The number of hydrogen-bond acceptors (Lipinski definition) is 2. The van der Waals surface area contributed by atoms with Crippen molar-refractivity contribution in [3.8, 4) is 0 Å². The minimum absolute atomic E-state index is 0.0875. The first kappa shape index (κ1) is 14.4. The largest absolute Gasteiger partial charge is 0.388 e. The van der Waals surface area contributed by atoms with E-state index in [1.807, 2.05) is 31.2 Å². The van der Waals surface area contributed by atoms with Crippen LogP contribution in [0.25, 0.3) is 0 Å². The van der Waals surface area contributed by atoms with Crippen LogP contribution in [0, 0.1) is 5.92 Å². The summed E-state index contributed by atoms with van der Waals surface area (Å²) in [6.45, 7) is 4.82. The third-order valence-corrected chi connectivity index (χ3v) is 4.35. The summed E-state index contributed by atoms with van der Waals surface area (Å²) >= 11 is 6.07. The normalized spacial score (nSPS) is 26.7. The maximum Gasteiger partial charge on any atom is 0.223 e. The SMILES string of the molecule is C[C@@H]1CN(C(=O)CCc2ccccc2Cl)C[C@]1(C)O. The number of halogens is 1. The molecule has 4 heteroatoms. The molecule has 1 saturated heterocycles. The Balaban J connectivity index is 1.91. The van der Waals surface area contributed by atoms with Crippen LogP contribution < -0.4 is 0 Å². The van der Waals surface area contributed by atoms with Crippen molar-refractivity contribution in [2.75, 3.05) is 13.1 Å². The highest BCUT2D eigenvalue weighted by molar-refractivity contribution is 6.31. The fraction of sp³-hybridized carbons (Fsp3) is 0.533. The lowest BCUT2D eigenvalue weighted by molar-refractivity contribution is -0.131. The molecule has 0 aliphatic carbocycles. The van der Waals surface area contributed by atoms with Gasteiger partial charge in [-0.3, -0.25) is 4.79 Å². The second-order valence-electron chi connectivity index (χ2n) is 5.62. The van der Waals surface area contributed by atoms with Gasteiger partial charge in [-0.05, 0) is 25.0 Å². The molecule has 1 heterocycles. The summed E-state index contributed by atoms with van der Waals surface area (Å²) in [5.74, 6) is 0.210. The van der Waals surface area contributed by atoms with E-state index in [4.69, 9.17) is 11.6 Å². The van der Waals surface area contributed by atoms with Crippen molar-refractivity contribution >= 4 is 17.5 Å². The molecule has 1 fully saturated rings. The first-order chi connectivity index (χ1) is 8.90. The van der Waals surface area contributed by atoms with Crippen LogP contribution in [0.5, 0.6) is 0 Å². The molecule has 19 heavy (non-hydrogen) atoms. The van der Waals surface area contributed by atoms with Gasteiger partial charge < -0.3 is 10.0 Å². The Hall–Kier alpha value is -1.06. The van der Waals surface area contributed by atoms with Crippen molar-refractivity contribution in [2.45, 2.75) is 32.3 Å². The molecule has 2 atom stereocenters. The van der Waals surface area contributed by atoms with Crippen molar-refractivity contribution in [1.29, 1.82) is 0 Å². The molecule has 0 spiro atoms. The minimum atomic E-state index is -0.764. The predicted molar refractivity (Wildman–Crippen MR) is 76.1 cm³/mol. The molecule has 1 aliphatic heterocycles. The van der Waals surface area contributed by atoms with Gasteiger partial charge >= 0.3 is 0 Å². The molecule has 104 valence electrons. The predicted octanol–water partition coefficient (Wildman–Crippen LogP) is 2.50. The molecule has 0 unspecified atom stereocenters. The molecule has 3 nitrogen and oxygen atoms in total. The van der Waals surface area contributed by atoms with E-state index in [-0.39, 0.29) is 11.8 Å². The highest BCUT2D eigenvalue weighted by Crippen LogP contribution is 2.27. The fourth-order valence-electron chi connectivity index (χ4n) is 2.42. The Morgan fingerprint density at radius 2 is 2.21 bits per heavy atom. The number of rotatable bonds is 3. The maximum absolute atomic E-state index is 12.1. The number of benzene rings is 1. The number of nitrogens with zero attached hydrogens (tertiary/aromatic N) is 1. The number of β-amino-alcohol motifs (C(OH)–C–C–N with tert-alkyl or cyclic N) is 1. The van der Waals surface area contributed by atoms with E-state index in [1.54, 1.807) is 11.8 Å². The zero-order chi connectivity index (χ0) is 14.0. The second kappa shape index (κ2) is 5.51. The van der Waals surface area contributed by atoms with Gasteiger partial charge in [0.25, 0.3) is 0 Å². The highest BCUT2D eigenvalue weighted by Gasteiger charge is 2.40. The van der Waals surface area contributed by atoms with Crippen molar-refractivity contribution in [3.63, 3.8) is 0 Å². The monoisotopic (exact) mass is 281 g/mol. The second-order valence-corrected chi connectivity index (χ2v) is 6.03. The van der Waals surface area contributed by atoms with Crippen LogP contribution in [0.1, 0.15) is 25.8 Å². The van der Waals surface area contributed by atoms with Gasteiger partial charge in [0.2, 0.25) is 5.91 Å². The summed E-state index contributed by atoms with van der Waals surface area (Å²) in [6, 6.07) is 7.59. The van der Waals surface area contributed by atoms with E-state index >= 15 is 0 Å². The lowest BCUT2D eigenvalue weighted by atomic mass is 9.95. The summed E-state index contributed by atoms with van der Waals surface area (Å²) in [4.78, 5) is 13.9. The van der Waals surface area contributed by atoms with Crippen molar-refractivity contribution in [1.82, 2.24) is 4.90 Å². The van der Waals surface area contributed by atoms with Crippen LogP contribution in [0.3, 0.4) is 0 Å². The highest BCUT2D eigenvalue weighted by atomic mass is 35.5. The maximum atomic E-state index is 12.1. The molecule has 0 radical (unpaired) electrons. The van der Waals surface area contributed by atoms with E-state index in [1.165, 1.54) is 0 Å². The summed E-state index contributed by atoms with van der Waals surface area (Å²) in [6.07, 6.45) is 1.08. The van der Waals surface area contributed by atoms with Crippen LogP contribution in [0.4, 0.5) is 0 Å². The zero-order valence-electron chi connectivity index (χ0n) is 11.4. The molecule has 0 saturated carbocycles. The molecule has 1 amide bonds. The van der Waals surface area contributed by atoms with Gasteiger partial charge in [0.15, 0.2) is 0 Å².